The summed E-state index contributed by atoms with van der Waals surface area (Å²) in [5.41, 5.74) is 4.98. The van der Waals surface area contributed by atoms with Gasteiger partial charge >= 0.3 is 0 Å². The first-order valence-corrected chi connectivity index (χ1v) is 8.77. The highest BCUT2D eigenvalue weighted by Gasteiger charge is 2.19. The van der Waals surface area contributed by atoms with Crippen molar-refractivity contribution in [3.8, 4) is 11.4 Å². The summed E-state index contributed by atoms with van der Waals surface area (Å²) in [6.07, 6.45) is 7.23. The molecule has 0 fully saturated rings. The number of aryl methyl sites for hydroxylation is 3. The number of rotatable bonds is 4. The first kappa shape index (κ1) is 17.1. The molecule has 0 amide bonds. The van der Waals surface area contributed by atoms with E-state index in [1.807, 2.05) is 51.6 Å². The van der Waals surface area contributed by atoms with Crippen LogP contribution in [0.5, 0.6) is 0 Å². The molecule has 4 rings (SSSR count). The minimum atomic E-state index is 0.645. The van der Waals surface area contributed by atoms with E-state index in [2.05, 4.69) is 26.9 Å². The van der Waals surface area contributed by atoms with Gasteiger partial charge in [0.2, 0.25) is 0 Å². The van der Waals surface area contributed by atoms with Gasteiger partial charge in [0.05, 0.1) is 11.1 Å². The van der Waals surface area contributed by atoms with Gasteiger partial charge in [0, 0.05) is 51.0 Å². The van der Waals surface area contributed by atoms with Crippen LogP contribution < -0.4 is 4.90 Å². The lowest BCUT2D eigenvalue weighted by Gasteiger charge is -2.21. The largest absolute Gasteiger partial charge is 0.355 e. The highest BCUT2D eigenvalue weighted by Crippen LogP contribution is 2.29. The Morgan fingerprint density at radius 2 is 1.85 bits per heavy atom. The second-order valence-electron chi connectivity index (χ2n) is 6.68. The minimum Gasteiger partial charge on any atom is -0.355 e. The van der Waals surface area contributed by atoms with Crippen molar-refractivity contribution < 1.29 is 0 Å². The third kappa shape index (κ3) is 3.12. The Kier molecular flexibility index (Phi) is 4.27. The molecule has 0 bridgehead atoms. The third-order valence-corrected chi connectivity index (χ3v) is 4.66. The van der Waals surface area contributed by atoms with Crippen LogP contribution in [0, 0.1) is 13.8 Å². The first-order chi connectivity index (χ1) is 13.0. The maximum atomic E-state index is 4.88. The zero-order valence-electron chi connectivity index (χ0n) is 15.9. The monoisotopic (exact) mass is 359 g/mol. The third-order valence-electron chi connectivity index (χ3n) is 4.66. The van der Waals surface area contributed by atoms with Crippen molar-refractivity contribution in [1.29, 1.82) is 0 Å². The lowest BCUT2D eigenvalue weighted by atomic mass is 10.1. The summed E-state index contributed by atoms with van der Waals surface area (Å²) >= 11 is 0. The van der Waals surface area contributed by atoms with Crippen LogP contribution in [0.25, 0.3) is 22.4 Å². The Hall–Kier alpha value is -3.35. The average molecular weight is 359 g/mol. The van der Waals surface area contributed by atoms with Gasteiger partial charge in [0.1, 0.15) is 5.82 Å². The van der Waals surface area contributed by atoms with Gasteiger partial charge in [-0.25, -0.2) is 9.97 Å². The van der Waals surface area contributed by atoms with Gasteiger partial charge in [-0.2, -0.15) is 5.10 Å². The summed E-state index contributed by atoms with van der Waals surface area (Å²) < 4.78 is 1.81. The van der Waals surface area contributed by atoms with Gasteiger partial charge in [-0.3, -0.25) is 14.6 Å². The first-order valence-electron chi connectivity index (χ1n) is 8.77. The molecule has 27 heavy (non-hydrogen) atoms. The molecule has 7 nitrogen and oxygen atoms in total. The molecule has 0 N–H and O–H groups in total. The standard InChI is InChI=1S/C20H21N7/c1-13-10-22-9-7-16(13)12-26(3)19-17-14(2)25-27(4)20(17)24-18(23-19)15-6-5-8-21-11-15/h5-11H,12H2,1-4H3. The van der Waals surface area contributed by atoms with Crippen LogP contribution in [0.3, 0.4) is 0 Å². The van der Waals surface area contributed by atoms with E-state index in [1.165, 1.54) is 5.56 Å². The summed E-state index contributed by atoms with van der Waals surface area (Å²) in [5, 5.41) is 5.53. The van der Waals surface area contributed by atoms with Crippen LogP contribution in [0.1, 0.15) is 16.8 Å². The fourth-order valence-electron chi connectivity index (χ4n) is 3.23. The maximum absolute atomic E-state index is 4.88. The Bertz CT molecular complexity index is 1100. The SMILES string of the molecule is Cc1cnccc1CN(C)c1nc(-c2cccnc2)nc2c1c(C)nn2C. The van der Waals surface area contributed by atoms with Crippen LogP contribution in [0.4, 0.5) is 5.82 Å². The van der Waals surface area contributed by atoms with Crippen LogP contribution in [0.15, 0.2) is 43.0 Å². The van der Waals surface area contributed by atoms with Gasteiger partial charge in [-0.05, 0) is 43.2 Å². The Morgan fingerprint density at radius 3 is 2.59 bits per heavy atom. The van der Waals surface area contributed by atoms with E-state index in [-0.39, 0.29) is 0 Å². The van der Waals surface area contributed by atoms with Crippen molar-refractivity contribution in [2.45, 2.75) is 20.4 Å². The van der Waals surface area contributed by atoms with Crippen molar-refractivity contribution in [1.82, 2.24) is 29.7 Å². The fraction of sp³-hybridized carbons (Fsp3) is 0.250. The number of hydrogen-bond donors (Lipinski definition) is 0. The molecule has 136 valence electrons. The highest BCUT2D eigenvalue weighted by molar-refractivity contribution is 5.91. The number of fused-ring (bicyclic) bond motifs is 1. The molecular formula is C20H21N7. The smallest absolute Gasteiger partial charge is 0.165 e. The molecule has 0 aliphatic carbocycles. The number of nitrogens with zero attached hydrogens (tertiary/aromatic N) is 7. The van der Waals surface area contributed by atoms with E-state index in [4.69, 9.17) is 9.97 Å². The van der Waals surface area contributed by atoms with Gasteiger partial charge in [-0.15, -0.1) is 0 Å². The molecular weight excluding hydrogens is 338 g/mol. The quantitative estimate of drug-likeness (QED) is 0.558. The van der Waals surface area contributed by atoms with Crippen LogP contribution >= 0.6 is 0 Å². The topological polar surface area (TPSA) is 72.6 Å². The molecule has 0 unspecified atom stereocenters. The molecule has 4 aromatic heterocycles. The molecule has 0 aliphatic heterocycles. The van der Waals surface area contributed by atoms with Crippen molar-refractivity contribution in [3.63, 3.8) is 0 Å². The van der Waals surface area contributed by atoms with Crippen molar-refractivity contribution >= 4 is 16.9 Å². The van der Waals surface area contributed by atoms with E-state index >= 15 is 0 Å². The van der Waals surface area contributed by atoms with Gasteiger partial charge in [0.25, 0.3) is 0 Å². The van der Waals surface area contributed by atoms with Crippen LogP contribution in [-0.4, -0.2) is 36.8 Å². The molecule has 4 aromatic rings. The summed E-state index contributed by atoms with van der Waals surface area (Å²) in [6.45, 7) is 4.79. The van der Waals surface area contributed by atoms with Crippen molar-refractivity contribution in [2.75, 3.05) is 11.9 Å². The highest BCUT2D eigenvalue weighted by atomic mass is 15.3. The molecule has 0 atom stereocenters. The maximum Gasteiger partial charge on any atom is 0.165 e. The summed E-state index contributed by atoms with van der Waals surface area (Å²) in [6, 6.07) is 5.90. The van der Waals surface area contributed by atoms with Crippen molar-refractivity contribution in [2.24, 2.45) is 7.05 Å². The Morgan fingerprint density at radius 1 is 1.04 bits per heavy atom. The van der Waals surface area contributed by atoms with Gasteiger partial charge < -0.3 is 4.90 Å². The lowest BCUT2D eigenvalue weighted by molar-refractivity contribution is 0.773. The molecule has 4 heterocycles. The van der Waals surface area contributed by atoms with E-state index in [9.17, 15) is 0 Å². The number of anilines is 1. The number of pyridine rings is 2. The zero-order chi connectivity index (χ0) is 19.0. The van der Waals surface area contributed by atoms with Gasteiger partial charge in [0.15, 0.2) is 11.5 Å². The molecule has 0 aromatic carbocycles. The summed E-state index contributed by atoms with van der Waals surface area (Å²) in [4.78, 5) is 20.1. The second kappa shape index (κ2) is 6.75. The second-order valence-corrected chi connectivity index (χ2v) is 6.68. The molecule has 0 spiro atoms. The predicted octanol–water partition coefficient (Wildman–Crippen LogP) is 3.07. The average Bonchev–Trinajstić information content (AvgIpc) is 2.97. The molecule has 0 aliphatic rings. The van der Waals surface area contributed by atoms with E-state index < -0.39 is 0 Å². The van der Waals surface area contributed by atoms with Gasteiger partial charge in [-0.1, -0.05) is 0 Å². The molecule has 0 saturated heterocycles. The predicted molar refractivity (Wildman–Crippen MR) is 105 cm³/mol. The molecule has 0 radical (unpaired) electrons. The van der Waals surface area contributed by atoms with Crippen LogP contribution in [-0.2, 0) is 13.6 Å². The number of hydrogen-bond acceptors (Lipinski definition) is 6. The lowest BCUT2D eigenvalue weighted by Crippen LogP contribution is -2.19. The Balaban J connectivity index is 1.86. The molecule has 7 heteroatoms. The van der Waals surface area contributed by atoms with E-state index in [1.54, 1.807) is 17.1 Å². The Labute approximate surface area is 157 Å². The summed E-state index contributed by atoms with van der Waals surface area (Å²) in [5.74, 6) is 1.51. The van der Waals surface area contributed by atoms with E-state index in [0.29, 0.717) is 5.82 Å². The minimum absolute atomic E-state index is 0.645. The van der Waals surface area contributed by atoms with Crippen molar-refractivity contribution in [3.05, 3.63) is 59.8 Å². The molecule has 0 saturated carbocycles. The number of aromatic nitrogens is 6. The summed E-state index contributed by atoms with van der Waals surface area (Å²) in [7, 11) is 3.95. The zero-order valence-corrected chi connectivity index (χ0v) is 15.9. The normalized spacial score (nSPS) is 11.1. The fourth-order valence-corrected chi connectivity index (χ4v) is 3.23. The van der Waals surface area contributed by atoms with Crippen LogP contribution in [0.2, 0.25) is 0 Å². The van der Waals surface area contributed by atoms with E-state index in [0.717, 1.165) is 40.2 Å².